The van der Waals surface area contributed by atoms with Gasteiger partial charge in [0.25, 0.3) is 21.8 Å². The minimum Gasteiger partial charge on any atom is -0.488 e. The Labute approximate surface area is 208 Å². The predicted octanol–water partition coefficient (Wildman–Crippen LogP) is 3.42. The number of hydrogen-bond donors (Lipinski definition) is 2. The average molecular weight is 544 g/mol. The van der Waals surface area contributed by atoms with E-state index in [1.165, 1.54) is 30.5 Å². The number of rotatable bonds is 9. The third-order valence-electron chi connectivity index (χ3n) is 4.51. The summed E-state index contributed by atoms with van der Waals surface area (Å²) in [6, 6.07) is 4.27. The number of thiophene rings is 1. The lowest BCUT2D eigenvalue weighted by atomic mass is 10.2. The van der Waals surface area contributed by atoms with E-state index in [2.05, 4.69) is 15.2 Å². The molecule has 1 aromatic carbocycles. The first-order chi connectivity index (χ1) is 16.7. The Balaban J connectivity index is 1.56. The molecule has 3 heterocycles. The number of amides is 1. The maximum absolute atomic E-state index is 13.1. The normalized spacial score (nSPS) is 12.3. The molecule has 0 fully saturated rings. The molecule has 2 N–H and O–H groups in total. The van der Waals surface area contributed by atoms with E-state index < -0.39 is 21.9 Å². The zero-order chi connectivity index (χ0) is 25.2. The monoisotopic (exact) mass is 543 g/mol. The van der Waals surface area contributed by atoms with Crippen molar-refractivity contribution in [2.24, 2.45) is 0 Å². The van der Waals surface area contributed by atoms with Gasteiger partial charge >= 0.3 is 5.97 Å². The molecule has 0 saturated carbocycles. The quantitative estimate of drug-likeness (QED) is 0.303. The van der Waals surface area contributed by atoms with Gasteiger partial charge in [-0.2, -0.15) is 0 Å². The van der Waals surface area contributed by atoms with Gasteiger partial charge in [-0.05, 0) is 18.4 Å². The summed E-state index contributed by atoms with van der Waals surface area (Å²) in [5, 5.41) is 7.69. The van der Waals surface area contributed by atoms with Crippen LogP contribution in [0.5, 0.6) is 17.2 Å². The standard InChI is InChI=1S/C20H18ClN3O9S2/c1-10-17(21)20(33-23-10)24-35(27,28)16-3-6-34-18(16)19(26)22-12-7-14-15(32-9-31-14)8-13(12)30-5-4-29-11(2)25/h3,6-8,24H,4-5,9H2,1-2H3,(H,22,26). The first-order valence-electron chi connectivity index (χ1n) is 9.89. The van der Waals surface area contributed by atoms with Crippen LogP contribution < -0.4 is 24.2 Å². The zero-order valence-electron chi connectivity index (χ0n) is 18.2. The van der Waals surface area contributed by atoms with E-state index >= 15 is 0 Å². The van der Waals surface area contributed by atoms with Crippen molar-refractivity contribution in [3.63, 3.8) is 0 Å². The second-order valence-corrected chi connectivity index (χ2v) is 9.92. The summed E-state index contributed by atoms with van der Waals surface area (Å²) in [5.41, 5.74) is 0.498. The Morgan fingerprint density at radius 3 is 2.66 bits per heavy atom. The number of carbonyl (C=O) groups excluding carboxylic acids is 2. The number of halogens is 1. The number of aryl methyl sites for hydroxylation is 1. The van der Waals surface area contributed by atoms with Gasteiger partial charge in [-0.3, -0.25) is 9.59 Å². The predicted molar refractivity (Wildman–Crippen MR) is 124 cm³/mol. The van der Waals surface area contributed by atoms with E-state index in [9.17, 15) is 18.0 Å². The fourth-order valence-corrected chi connectivity index (χ4v) is 5.42. The van der Waals surface area contributed by atoms with E-state index in [4.69, 9.17) is 35.1 Å². The number of aromatic nitrogens is 1. The van der Waals surface area contributed by atoms with Gasteiger partial charge < -0.3 is 28.8 Å². The highest BCUT2D eigenvalue weighted by atomic mass is 35.5. The second kappa shape index (κ2) is 10.0. The summed E-state index contributed by atoms with van der Waals surface area (Å²) >= 11 is 6.91. The third-order valence-corrected chi connectivity index (χ3v) is 7.37. The highest BCUT2D eigenvalue weighted by Gasteiger charge is 2.28. The van der Waals surface area contributed by atoms with Crippen molar-refractivity contribution in [3.8, 4) is 17.2 Å². The number of ether oxygens (including phenoxy) is 4. The smallest absolute Gasteiger partial charge is 0.302 e. The van der Waals surface area contributed by atoms with Crippen LogP contribution in [0.2, 0.25) is 5.02 Å². The van der Waals surface area contributed by atoms with Gasteiger partial charge in [0.15, 0.2) is 11.5 Å². The van der Waals surface area contributed by atoms with Gasteiger partial charge in [0.1, 0.15) is 39.5 Å². The molecule has 0 saturated heterocycles. The number of nitrogens with zero attached hydrogens (tertiary/aromatic N) is 1. The molecule has 0 bridgehead atoms. The van der Waals surface area contributed by atoms with Crippen molar-refractivity contribution in [2.45, 2.75) is 18.7 Å². The molecule has 4 rings (SSSR count). The molecule has 1 aliphatic heterocycles. The van der Waals surface area contributed by atoms with Crippen LogP contribution in [0.15, 0.2) is 33.0 Å². The largest absolute Gasteiger partial charge is 0.488 e. The Kier molecular flexibility index (Phi) is 7.05. The zero-order valence-corrected chi connectivity index (χ0v) is 20.6. The SMILES string of the molecule is CC(=O)OCCOc1cc2c(cc1NC(=O)c1sccc1S(=O)(=O)Nc1onc(C)c1Cl)OCO2. The number of sulfonamides is 1. The molecule has 0 aliphatic carbocycles. The Hall–Kier alpha value is -3.49. The van der Waals surface area contributed by atoms with Crippen LogP contribution in [-0.2, 0) is 19.6 Å². The van der Waals surface area contributed by atoms with Gasteiger partial charge in [-0.25, -0.2) is 13.1 Å². The summed E-state index contributed by atoms with van der Waals surface area (Å²) in [7, 11) is -4.24. The highest BCUT2D eigenvalue weighted by Crippen LogP contribution is 2.41. The molecule has 12 nitrogen and oxygen atoms in total. The van der Waals surface area contributed by atoms with Crippen LogP contribution in [0.4, 0.5) is 11.6 Å². The van der Waals surface area contributed by atoms with Gasteiger partial charge in [0, 0.05) is 19.1 Å². The number of benzene rings is 1. The maximum Gasteiger partial charge on any atom is 0.302 e. The third kappa shape index (κ3) is 5.44. The topological polar surface area (TPSA) is 155 Å². The van der Waals surface area contributed by atoms with Gasteiger partial charge in [0.2, 0.25) is 6.79 Å². The van der Waals surface area contributed by atoms with Gasteiger partial charge in [-0.1, -0.05) is 16.8 Å². The van der Waals surface area contributed by atoms with Crippen LogP contribution in [0.1, 0.15) is 22.3 Å². The summed E-state index contributed by atoms with van der Waals surface area (Å²) in [4.78, 5) is 23.7. The molecule has 0 spiro atoms. The highest BCUT2D eigenvalue weighted by molar-refractivity contribution is 7.93. The van der Waals surface area contributed by atoms with Crippen molar-refractivity contribution in [2.75, 3.05) is 30.0 Å². The lowest BCUT2D eigenvalue weighted by molar-refractivity contribution is -0.141. The molecule has 15 heteroatoms. The average Bonchev–Trinajstić information content (AvgIpc) is 3.53. The van der Waals surface area contributed by atoms with Crippen molar-refractivity contribution in [1.82, 2.24) is 5.16 Å². The van der Waals surface area contributed by atoms with E-state index in [-0.39, 0.29) is 52.1 Å². The molecule has 2 aromatic heterocycles. The van der Waals surface area contributed by atoms with Crippen molar-refractivity contribution >= 4 is 56.4 Å². The Morgan fingerprint density at radius 1 is 1.23 bits per heavy atom. The van der Waals surface area contributed by atoms with Crippen LogP contribution >= 0.6 is 22.9 Å². The number of hydrogen-bond acceptors (Lipinski definition) is 11. The Bertz CT molecular complexity index is 1380. The summed E-state index contributed by atoms with van der Waals surface area (Å²) in [6.07, 6.45) is 0. The van der Waals surface area contributed by atoms with Crippen LogP contribution in [0.3, 0.4) is 0 Å². The molecule has 3 aromatic rings. The first kappa shape index (κ1) is 24.6. The molecule has 1 amide bonds. The van der Waals surface area contributed by atoms with Gasteiger partial charge in [0.05, 0.1) is 5.69 Å². The number of fused-ring (bicyclic) bond motifs is 1. The number of nitrogens with one attached hydrogen (secondary N) is 2. The molecule has 1 aliphatic rings. The van der Waals surface area contributed by atoms with E-state index in [1.54, 1.807) is 6.92 Å². The fraction of sp³-hybridized carbons (Fsp3) is 0.250. The molecule has 186 valence electrons. The minimum atomic E-state index is -4.24. The van der Waals surface area contributed by atoms with Crippen LogP contribution in [0.25, 0.3) is 0 Å². The van der Waals surface area contributed by atoms with E-state index in [0.717, 1.165) is 11.3 Å². The molecule has 0 radical (unpaired) electrons. The maximum atomic E-state index is 13.1. The minimum absolute atomic E-state index is 0.00199. The first-order valence-corrected chi connectivity index (χ1v) is 12.6. The summed E-state index contributed by atoms with van der Waals surface area (Å²) < 4.78 is 54.1. The molecular formula is C20H18ClN3O9S2. The molecule has 0 atom stereocenters. The second-order valence-electron chi connectivity index (χ2n) is 6.97. The van der Waals surface area contributed by atoms with Crippen LogP contribution in [0, 0.1) is 6.92 Å². The number of anilines is 2. The number of carbonyl (C=O) groups is 2. The fourth-order valence-electron chi connectivity index (χ4n) is 2.93. The molecule has 35 heavy (non-hydrogen) atoms. The van der Waals surface area contributed by atoms with Crippen LogP contribution in [-0.4, -0.2) is 45.5 Å². The van der Waals surface area contributed by atoms with Crippen molar-refractivity contribution in [3.05, 3.63) is 39.2 Å². The lowest BCUT2D eigenvalue weighted by Gasteiger charge is -2.14. The number of esters is 1. The van der Waals surface area contributed by atoms with E-state index in [0.29, 0.717) is 17.2 Å². The van der Waals surface area contributed by atoms with Crippen molar-refractivity contribution in [1.29, 1.82) is 0 Å². The summed E-state index contributed by atoms with van der Waals surface area (Å²) in [6.45, 7) is 2.79. The van der Waals surface area contributed by atoms with Crippen molar-refractivity contribution < 1.29 is 41.5 Å². The molecular weight excluding hydrogens is 526 g/mol. The molecule has 0 unspecified atom stereocenters. The Morgan fingerprint density at radius 2 is 1.97 bits per heavy atom. The summed E-state index contributed by atoms with van der Waals surface area (Å²) in [5.74, 6) is -0.478. The lowest BCUT2D eigenvalue weighted by Crippen LogP contribution is -2.19. The van der Waals surface area contributed by atoms with E-state index in [1.807, 2.05) is 0 Å². The van der Waals surface area contributed by atoms with Gasteiger partial charge in [-0.15, -0.1) is 11.3 Å².